The van der Waals surface area contributed by atoms with Crippen molar-refractivity contribution in [1.29, 1.82) is 0 Å². The van der Waals surface area contributed by atoms with Gasteiger partial charge in [0.15, 0.2) is 5.78 Å². The summed E-state index contributed by atoms with van der Waals surface area (Å²) in [4.78, 5) is 17.4. The summed E-state index contributed by atoms with van der Waals surface area (Å²) in [5, 5.41) is 0. The van der Waals surface area contributed by atoms with E-state index < -0.39 is 11.6 Å². The van der Waals surface area contributed by atoms with Crippen LogP contribution in [0, 0.1) is 5.41 Å². The molecule has 1 unspecified atom stereocenters. The third-order valence-electron chi connectivity index (χ3n) is 3.92. The molecule has 0 aliphatic carbocycles. The number of hydrogen-bond acceptors (Lipinski definition) is 3. The quantitative estimate of drug-likeness (QED) is 0.677. The lowest BCUT2D eigenvalue weighted by Crippen LogP contribution is -2.33. The molecule has 0 N–H and O–H groups in total. The summed E-state index contributed by atoms with van der Waals surface area (Å²) in [6.07, 6.45) is 4.67. The SMILES string of the molecule is CC(C)(C)C(=O)C(Oc1cccnc1-c1ccccc1)n1cccc1. The molecule has 0 saturated carbocycles. The smallest absolute Gasteiger partial charge is 0.235 e. The van der Waals surface area contributed by atoms with E-state index in [1.807, 2.05) is 87.8 Å². The van der Waals surface area contributed by atoms with E-state index in [2.05, 4.69) is 4.98 Å². The van der Waals surface area contributed by atoms with Crippen LogP contribution in [0.1, 0.15) is 27.0 Å². The molecule has 0 saturated heterocycles. The van der Waals surface area contributed by atoms with Gasteiger partial charge in [-0.25, -0.2) is 0 Å². The maximum Gasteiger partial charge on any atom is 0.235 e. The number of aromatic nitrogens is 2. The van der Waals surface area contributed by atoms with Crippen molar-refractivity contribution < 1.29 is 9.53 Å². The third kappa shape index (κ3) is 3.79. The minimum absolute atomic E-state index is 0.00608. The molecule has 25 heavy (non-hydrogen) atoms. The molecule has 0 amide bonds. The average Bonchev–Trinajstić information content (AvgIpc) is 3.14. The Morgan fingerprint density at radius 2 is 1.68 bits per heavy atom. The molecule has 3 aromatic rings. The van der Waals surface area contributed by atoms with E-state index in [-0.39, 0.29) is 5.78 Å². The molecule has 2 aromatic heterocycles. The normalized spacial score (nSPS) is 12.6. The monoisotopic (exact) mass is 334 g/mol. The number of ketones is 1. The van der Waals surface area contributed by atoms with Crippen molar-refractivity contribution in [1.82, 2.24) is 9.55 Å². The molecular formula is C21H22N2O2. The number of nitrogens with zero attached hydrogens (tertiary/aromatic N) is 2. The van der Waals surface area contributed by atoms with Crippen molar-refractivity contribution >= 4 is 5.78 Å². The van der Waals surface area contributed by atoms with E-state index in [0.717, 1.165) is 11.3 Å². The van der Waals surface area contributed by atoms with Crippen molar-refractivity contribution in [2.45, 2.75) is 27.0 Å². The van der Waals surface area contributed by atoms with Gasteiger partial charge in [0.25, 0.3) is 0 Å². The second-order valence-electron chi connectivity index (χ2n) is 6.93. The molecule has 1 aromatic carbocycles. The molecule has 2 heterocycles. The molecule has 0 spiro atoms. The number of pyridine rings is 1. The highest BCUT2D eigenvalue weighted by Crippen LogP contribution is 2.32. The molecule has 0 bridgehead atoms. The first kappa shape index (κ1) is 17.0. The highest BCUT2D eigenvalue weighted by molar-refractivity contribution is 5.86. The summed E-state index contributed by atoms with van der Waals surface area (Å²) < 4.78 is 7.97. The first-order valence-electron chi connectivity index (χ1n) is 8.31. The molecule has 4 nitrogen and oxygen atoms in total. The van der Waals surface area contributed by atoms with Gasteiger partial charge in [0.2, 0.25) is 6.23 Å². The van der Waals surface area contributed by atoms with E-state index in [4.69, 9.17) is 4.74 Å². The fourth-order valence-electron chi connectivity index (χ4n) is 2.54. The Balaban J connectivity index is 2.00. The first-order chi connectivity index (χ1) is 12.0. The predicted molar refractivity (Wildman–Crippen MR) is 98.2 cm³/mol. The Hall–Kier alpha value is -2.88. The van der Waals surface area contributed by atoms with Gasteiger partial charge in [-0.15, -0.1) is 0 Å². The van der Waals surface area contributed by atoms with Crippen molar-refractivity contribution in [3.05, 3.63) is 73.2 Å². The topological polar surface area (TPSA) is 44.1 Å². The molecule has 128 valence electrons. The Morgan fingerprint density at radius 1 is 1.00 bits per heavy atom. The Bertz CT molecular complexity index is 834. The van der Waals surface area contributed by atoms with Crippen molar-refractivity contribution in [2.24, 2.45) is 5.41 Å². The van der Waals surface area contributed by atoms with Gasteiger partial charge in [0, 0.05) is 29.6 Å². The lowest BCUT2D eigenvalue weighted by molar-refractivity contribution is -0.137. The summed E-state index contributed by atoms with van der Waals surface area (Å²) >= 11 is 0. The number of carbonyl (C=O) groups excluding carboxylic acids is 1. The van der Waals surface area contributed by atoms with E-state index in [1.165, 1.54) is 0 Å². The van der Waals surface area contributed by atoms with Gasteiger partial charge in [-0.1, -0.05) is 51.1 Å². The van der Waals surface area contributed by atoms with Crippen molar-refractivity contribution in [2.75, 3.05) is 0 Å². The summed E-state index contributed by atoms with van der Waals surface area (Å²) in [5.74, 6) is 0.594. The van der Waals surface area contributed by atoms with Gasteiger partial charge < -0.3 is 9.30 Å². The zero-order valence-corrected chi connectivity index (χ0v) is 14.7. The van der Waals surface area contributed by atoms with E-state index in [9.17, 15) is 4.79 Å². The van der Waals surface area contributed by atoms with Gasteiger partial charge in [-0.3, -0.25) is 9.78 Å². The number of benzene rings is 1. The van der Waals surface area contributed by atoms with Crippen LogP contribution in [0.4, 0.5) is 0 Å². The number of carbonyl (C=O) groups is 1. The molecule has 4 heteroatoms. The van der Waals surface area contributed by atoms with Crippen molar-refractivity contribution in [3.8, 4) is 17.0 Å². The van der Waals surface area contributed by atoms with Crippen LogP contribution in [0.3, 0.4) is 0 Å². The second-order valence-corrected chi connectivity index (χ2v) is 6.93. The maximum absolute atomic E-state index is 12.9. The van der Waals surface area contributed by atoms with Crippen LogP contribution in [0.25, 0.3) is 11.3 Å². The minimum atomic E-state index is -0.735. The lowest BCUT2D eigenvalue weighted by atomic mass is 9.89. The van der Waals surface area contributed by atoms with E-state index in [0.29, 0.717) is 5.75 Å². The van der Waals surface area contributed by atoms with Crippen LogP contribution in [-0.4, -0.2) is 15.3 Å². The zero-order valence-electron chi connectivity index (χ0n) is 14.7. The first-order valence-corrected chi connectivity index (χ1v) is 8.31. The van der Waals surface area contributed by atoms with Gasteiger partial charge in [0.1, 0.15) is 11.4 Å². The Labute approximate surface area is 148 Å². The van der Waals surface area contributed by atoms with Gasteiger partial charge >= 0.3 is 0 Å². The van der Waals surface area contributed by atoms with Crippen LogP contribution in [0.5, 0.6) is 5.75 Å². The largest absolute Gasteiger partial charge is 0.460 e. The highest BCUT2D eigenvalue weighted by Gasteiger charge is 2.32. The van der Waals surface area contributed by atoms with E-state index in [1.54, 1.807) is 10.8 Å². The summed E-state index contributed by atoms with van der Waals surface area (Å²) in [6, 6.07) is 17.3. The molecule has 1 atom stereocenters. The molecule has 0 radical (unpaired) electrons. The molecule has 0 aliphatic heterocycles. The fraction of sp³-hybridized carbons (Fsp3) is 0.238. The summed E-state index contributed by atoms with van der Waals surface area (Å²) in [6.45, 7) is 5.70. The number of ether oxygens (including phenoxy) is 1. The zero-order chi connectivity index (χ0) is 17.9. The maximum atomic E-state index is 12.9. The Morgan fingerprint density at radius 3 is 2.32 bits per heavy atom. The predicted octanol–water partition coefficient (Wildman–Crippen LogP) is 4.74. The summed E-state index contributed by atoms with van der Waals surface area (Å²) in [5.41, 5.74) is 1.15. The van der Waals surface area contributed by atoms with Gasteiger partial charge in [-0.05, 0) is 24.3 Å². The molecular weight excluding hydrogens is 312 g/mol. The van der Waals surface area contributed by atoms with Gasteiger partial charge in [-0.2, -0.15) is 0 Å². The standard InChI is InChI=1S/C21H22N2O2/c1-21(2,3)19(24)20(23-14-7-8-15-23)25-17-12-9-13-22-18(17)16-10-5-4-6-11-16/h4-15,20H,1-3H3. The fourth-order valence-corrected chi connectivity index (χ4v) is 2.54. The average molecular weight is 334 g/mol. The molecule has 3 rings (SSSR count). The van der Waals surface area contributed by atoms with Crippen LogP contribution in [0.15, 0.2) is 73.2 Å². The van der Waals surface area contributed by atoms with Crippen LogP contribution in [-0.2, 0) is 4.79 Å². The van der Waals surface area contributed by atoms with Crippen LogP contribution < -0.4 is 4.74 Å². The molecule has 0 aliphatic rings. The minimum Gasteiger partial charge on any atom is -0.460 e. The Kier molecular flexibility index (Phi) is 4.70. The second kappa shape index (κ2) is 6.93. The lowest BCUT2D eigenvalue weighted by Gasteiger charge is -2.27. The number of Topliss-reactive ketones (excluding diaryl/α,β-unsaturated/α-hetero) is 1. The highest BCUT2D eigenvalue weighted by atomic mass is 16.5. The molecule has 0 fully saturated rings. The van der Waals surface area contributed by atoms with Gasteiger partial charge in [0.05, 0.1) is 0 Å². The summed E-state index contributed by atoms with van der Waals surface area (Å²) in [7, 11) is 0. The third-order valence-corrected chi connectivity index (χ3v) is 3.92. The van der Waals surface area contributed by atoms with E-state index >= 15 is 0 Å². The van der Waals surface area contributed by atoms with Crippen molar-refractivity contribution in [3.63, 3.8) is 0 Å². The van der Waals surface area contributed by atoms with Crippen LogP contribution in [0.2, 0.25) is 0 Å². The number of rotatable bonds is 5. The number of hydrogen-bond donors (Lipinski definition) is 0. The van der Waals surface area contributed by atoms with Crippen LogP contribution >= 0.6 is 0 Å².